The van der Waals surface area contributed by atoms with Crippen molar-refractivity contribution in [1.82, 2.24) is 0 Å². The predicted octanol–water partition coefficient (Wildman–Crippen LogP) is 3.49. The van der Waals surface area contributed by atoms with Crippen molar-refractivity contribution in [1.29, 1.82) is 0 Å². The fourth-order valence-electron chi connectivity index (χ4n) is 2.23. The highest BCUT2D eigenvalue weighted by Crippen LogP contribution is 2.27. The van der Waals surface area contributed by atoms with Gasteiger partial charge in [-0.2, -0.15) is 0 Å². The SMILES string of the molecule is CCOC(=O)c1ccc(NC(=O)CC(=O)Nc2cc(Cl)ccc2OC)cc1. The average Bonchev–Trinajstić information content (AvgIpc) is 2.62. The average molecular weight is 391 g/mol. The van der Waals surface area contributed by atoms with Gasteiger partial charge in [-0.3, -0.25) is 9.59 Å². The van der Waals surface area contributed by atoms with Crippen molar-refractivity contribution >= 4 is 40.8 Å². The monoisotopic (exact) mass is 390 g/mol. The molecule has 0 atom stereocenters. The summed E-state index contributed by atoms with van der Waals surface area (Å²) < 4.78 is 10.0. The van der Waals surface area contributed by atoms with E-state index in [0.29, 0.717) is 27.7 Å². The Hall–Kier alpha value is -3.06. The molecule has 0 aromatic heterocycles. The highest BCUT2D eigenvalue weighted by atomic mass is 35.5. The van der Waals surface area contributed by atoms with Gasteiger partial charge in [0, 0.05) is 10.7 Å². The first-order valence-electron chi connectivity index (χ1n) is 8.13. The molecule has 0 unspecified atom stereocenters. The van der Waals surface area contributed by atoms with E-state index in [4.69, 9.17) is 21.1 Å². The number of hydrogen-bond acceptors (Lipinski definition) is 5. The second-order valence-corrected chi connectivity index (χ2v) is 5.85. The Morgan fingerprint density at radius 1 is 1.00 bits per heavy atom. The Bertz CT molecular complexity index is 836. The van der Waals surface area contributed by atoms with Gasteiger partial charge in [-0.05, 0) is 49.4 Å². The lowest BCUT2D eigenvalue weighted by molar-refractivity contribution is -0.123. The summed E-state index contributed by atoms with van der Waals surface area (Å²) in [6.45, 7) is 2.00. The van der Waals surface area contributed by atoms with Crippen molar-refractivity contribution in [2.24, 2.45) is 0 Å². The maximum atomic E-state index is 12.1. The van der Waals surface area contributed by atoms with Gasteiger partial charge in [0.05, 0.1) is 25.0 Å². The molecule has 0 saturated heterocycles. The van der Waals surface area contributed by atoms with Crippen LogP contribution < -0.4 is 15.4 Å². The van der Waals surface area contributed by atoms with Crippen LogP contribution in [0, 0.1) is 0 Å². The number of halogens is 1. The van der Waals surface area contributed by atoms with Gasteiger partial charge in [0.25, 0.3) is 0 Å². The number of ether oxygens (including phenoxy) is 2. The molecule has 8 heteroatoms. The van der Waals surface area contributed by atoms with E-state index < -0.39 is 24.2 Å². The molecule has 2 rings (SSSR count). The molecular formula is C19H19ClN2O5. The van der Waals surface area contributed by atoms with Crippen LogP contribution in [-0.4, -0.2) is 31.5 Å². The van der Waals surface area contributed by atoms with Crippen LogP contribution in [-0.2, 0) is 14.3 Å². The zero-order valence-electron chi connectivity index (χ0n) is 14.9. The van der Waals surface area contributed by atoms with Crippen molar-refractivity contribution < 1.29 is 23.9 Å². The van der Waals surface area contributed by atoms with Gasteiger partial charge in [-0.1, -0.05) is 11.6 Å². The van der Waals surface area contributed by atoms with E-state index >= 15 is 0 Å². The molecule has 7 nitrogen and oxygen atoms in total. The highest BCUT2D eigenvalue weighted by Gasteiger charge is 2.13. The number of carbonyl (C=O) groups excluding carboxylic acids is 3. The van der Waals surface area contributed by atoms with Crippen molar-refractivity contribution in [3.05, 3.63) is 53.1 Å². The highest BCUT2D eigenvalue weighted by molar-refractivity contribution is 6.31. The molecule has 0 aliphatic carbocycles. The number of hydrogen-bond donors (Lipinski definition) is 2. The maximum Gasteiger partial charge on any atom is 0.338 e. The lowest BCUT2D eigenvalue weighted by Crippen LogP contribution is -2.21. The molecular weight excluding hydrogens is 372 g/mol. The van der Waals surface area contributed by atoms with Gasteiger partial charge < -0.3 is 20.1 Å². The molecule has 0 aliphatic heterocycles. The summed E-state index contributed by atoms with van der Waals surface area (Å²) >= 11 is 5.91. The number of rotatable bonds is 7. The summed E-state index contributed by atoms with van der Waals surface area (Å²) in [5, 5.41) is 5.60. The molecule has 2 aromatic carbocycles. The Kier molecular flexibility index (Phi) is 7.19. The zero-order chi connectivity index (χ0) is 19.8. The van der Waals surface area contributed by atoms with Gasteiger partial charge >= 0.3 is 5.97 Å². The minimum atomic E-state index is -0.517. The fourth-order valence-corrected chi connectivity index (χ4v) is 2.40. The first-order valence-corrected chi connectivity index (χ1v) is 8.51. The van der Waals surface area contributed by atoms with Gasteiger partial charge in [-0.25, -0.2) is 4.79 Å². The summed E-state index contributed by atoms with van der Waals surface area (Å²) in [5.41, 5.74) is 1.21. The summed E-state index contributed by atoms with van der Waals surface area (Å²) in [5.74, 6) is -1.03. The lowest BCUT2D eigenvalue weighted by Gasteiger charge is -2.11. The Balaban J connectivity index is 1.92. The number of carbonyl (C=O) groups is 3. The Morgan fingerprint density at radius 3 is 2.30 bits per heavy atom. The quantitative estimate of drug-likeness (QED) is 0.557. The summed E-state index contributed by atoms with van der Waals surface area (Å²) in [7, 11) is 1.46. The molecule has 2 aromatic rings. The van der Waals surface area contributed by atoms with Gasteiger partial charge in [0.1, 0.15) is 12.2 Å². The largest absolute Gasteiger partial charge is 0.495 e. The van der Waals surface area contributed by atoms with Crippen molar-refractivity contribution in [2.45, 2.75) is 13.3 Å². The molecule has 27 heavy (non-hydrogen) atoms. The van der Waals surface area contributed by atoms with Crippen molar-refractivity contribution in [3.8, 4) is 5.75 Å². The molecule has 2 amide bonds. The second-order valence-electron chi connectivity index (χ2n) is 5.42. The van der Waals surface area contributed by atoms with E-state index in [2.05, 4.69) is 10.6 Å². The standard InChI is InChI=1S/C19H19ClN2O5/c1-3-27-19(25)12-4-7-14(8-5-12)21-17(23)11-18(24)22-15-10-13(20)6-9-16(15)26-2/h4-10H,3,11H2,1-2H3,(H,21,23)(H,22,24). The minimum absolute atomic E-state index is 0.282. The maximum absolute atomic E-state index is 12.1. The third kappa shape index (κ3) is 6.00. The molecule has 142 valence electrons. The third-order valence-electron chi connectivity index (χ3n) is 3.44. The molecule has 0 fully saturated rings. The van der Waals surface area contributed by atoms with Crippen LogP contribution in [0.3, 0.4) is 0 Å². The normalized spacial score (nSPS) is 10.0. The van der Waals surface area contributed by atoms with Gasteiger partial charge in [0.15, 0.2) is 0 Å². The number of methoxy groups -OCH3 is 1. The van der Waals surface area contributed by atoms with E-state index in [-0.39, 0.29) is 6.61 Å². The van der Waals surface area contributed by atoms with E-state index in [1.165, 1.54) is 25.3 Å². The van der Waals surface area contributed by atoms with E-state index in [1.807, 2.05) is 0 Å². The number of esters is 1. The molecule has 2 N–H and O–H groups in total. The molecule has 0 radical (unpaired) electrons. The van der Waals surface area contributed by atoms with Crippen molar-refractivity contribution in [2.75, 3.05) is 24.4 Å². The van der Waals surface area contributed by atoms with Crippen LogP contribution in [0.5, 0.6) is 5.75 Å². The van der Waals surface area contributed by atoms with Crippen LogP contribution in [0.15, 0.2) is 42.5 Å². The lowest BCUT2D eigenvalue weighted by atomic mass is 10.2. The minimum Gasteiger partial charge on any atom is -0.495 e. The Labute approximate surface area is 161 Å². The van der Waals surface area contributed by atoms with Crippen LogP contribution in [0.1, 0.15) is 23.7 Å². The molecule has 0 saturated carbocycles. The molecule has 0 spiro atoms. The van der Waals surface area contributed by atoms with Crippen LogP contribution in [0.25, 0.3) is 0 Å². The number of amides is 2. The van der Waals surface area contributed by atoms with Crippen molar-refractivity contribution in [3.63, 3.8) is 0 Å². The summed E-state index contributed by atoms with van der Waals surface area (Å²) in [4.78, 5) is 35.7. The summed E-state index contributed by atoms with van der Waals surface area (Å²) in [6, 6.07) is 11.0. The molecule has 0 aliphatic rings. The number of nitrogens with one attached hydrogen (secondary N) is 2. The van der Waals surface area contributed by atoms with Crippen LogP contribution in [0.2, 0.25) is 5.02 Å². The van der Waals surface area contributed by atoms with Crippen LogP contribution in [0.4, 0.5) is 11.4 Å². The first kappa shape index (κ1) is 20.3. The topological polar surface area (TPSA) is 93.7 Å². The molecule has 0 heterocycles. The summed E-state index contributed by atoms with van der Waals surface area (Å²) in [6.07, 6.45) is -0.394. The fraction of sp³-hybridized carbons (Fsp3) is 0.211. The second kappa shape index (κ2) is 9.59. The smallest absolute Gasteiger partial charge is 0.338 e. The third-order valence-corrected chi connectivity index (χ3v) is 3.67. The predicted molar refractivity (Wildman–Crippen MR) is 102 cm³/mol. The van der Waals surface area contributed by atoms with Crippen LogP contribution >= 0.6 is 11.6 Å². The Morgan fingerprint density at radius 2 is 1.67 bits per heavy atom. The zero-order valence-corrected chi connectivity index (χ0v) is 15.6. The van der Waals surface area contributed by atoms with Gasteiger partial charge in [0.2, 0.25) is 11.8 Å². The van der Waals surface area contributed by atoms with Gasteiger partial charge in [-0.15, -0.1) is 0 Å². The molecule has 0 bridgehead atoms. The van der Waals surface area contributed by atoms with E-state index in [0.717, 1.165) is 0 Å². The van der Waals surface area contributed by atoms with E-state index in [9.17, 15) is 14.4 Å². The first-order chi connectivity index (χ1) is 12.9. The number of anilines is 2. The van der Waals surface area contributed by atoms with E-state index in [1.54, 1.807) is 31.2 Å². The number of benzene rings is 2.